The number of fused-ring (bicyclic) bond motifs is 4. The molecule has 5 heteroatoms. The highest BCUT2D eigenvalue weighted by molar-refractivity contribution is 6.42. The molecule has 4 rings (SSSR count). The molecule has 3 atom stereocenters. The van der Waals surface area contributed by atoms with E-state index in [-0.39, 0.29) is 0 Å². The van der Waals surface area contributed by atoms with Crippen LogP contribution in [0.25, 0.3) is 0 Å². The minimum atomic E-state index is 0.371. The highest BCUT2D eigenvalue weighted by Gasteiger charge is 2.41. The van der Waals surface area contributed by atoms with E-state index in [1.165, 1.54) is 16.7 Å². The Morgan fingerprint density at radius 3 is 2.81 bits per heavy atom. The number of hydrogen-bond donors (Lipinski definition) is 2. The second kappa shape index (κ2) is 7.40. The lowest BCUT2D eigenvalue weighted by atomic mass is 9.71. The molecule has 2 bridgehead atoms. The largest absolute Gasteiger partial charge is 0.508 e. The molecule has 0 spiro atoms. The number of phenolic OH excluding ortho intramolecular Hbond substituents is 1. The van der Waals surface area contributed by atoms with E-state index in [4.69, 9.17) is 23.2 Å². The summed E-state index contributed by atoms with van der Waals surface area (Å²) in [6, 6.07) is 12.6. The fraction of sp³-hybridized carbons (Fsp3) is 0.429. The number of rotatable bonds is 4. The molecule has 0 aromatic heterocycles. The van der Waals surface area contributed by atoms with Gasteiger partial charge in [-0.25, -0.2) is 0 Å². The molecule has 0 saturated carbocycles. The summed E-state index contributed by atoms with van der Waals surface area (Å²) in [4.78, 5) is 2.48. The van der Waals surface area contributed by atoms with Gasteiger partial charge in [-0.2, -0.15) is 0 Å². The fourth-order valence-corrected chi connectivity index (χ4v) is 4.88. The summed E-state index contributed by atoms with van der Waals surface area (Å²) < 4.78 is 0. The topological polar surface area (TPSA) is 35.5 Å². The van der Waals surface area contributed by atoms with E-state index in [1.807, 2.05) is 30.3 Å². The van der Waals surface area contributed by atoms with Gasteiger partial charge in [-0.3, -0.25) is 0 Å². The number of aromatic hydroxyl groups is 1. The van der Waals surface area contributed by atoms with Crippen molar-refractivity contribution >= 4 is 23.2 Å². The van der Waals surface area contributed by atoms with Gasteiger partial charge >= 0.3 is 0 Å². The molecule has 0 amide bonds. The normalized spacial score (nSPS) is 25.1. The van der Waals surface area contributed by atoms with Crippen molar-refractivity contribution < 1.29 is 5.11 Å². The van der Waals surface area contributed by atoms with Crippen LogP contribution >= 0.6 is 23.2 Å². The Morgan fingerprint density at radius 2 is 2.00 bits per heavy atom. The van der Waals surface area contributed by atoms with Gasteiger partial charge < -0.3 is 15.3 Å². The standard InChI is InChI=1S/C21H24Cl2N2O/c1-25-9-7-16-17-12-15(26)4-3-14(17)11-20(25)21(16)24-8-6-13-2-5-18(22)19(23)10-13/h2-5,10,12,16,20-21,24,26H,6-9,11H2,1H3. The monoisotopic (exact) mass is 390 g/mol. The molecule has 1 saturated heterocycles. The zero-order valence-electron chi connectivity index (χ0n) is 14.9. The molecule has 2 aliphatic rings. The summed E-state index contributed by atoms with van der Waals surface area (Å²) in [6.45, 7) is 2.01. The first-order valence-corrected chi connectivity index (χ1v) is 9.98. The van der Waals surface area contributed by atoms with Crippen LogP contribution in [0.4, 0.5) is 0 Å². The summed E-state index contributed by atoms with van der Waals surface area (Å²) in [6.07, 6.45) is 3.07. The summed E-state index contributed by atoms with van der Waals surface area (Å²) in [7, 11) is 2.22. The number of hydrogen-bond acceptors (Lipinski definition) is 3. The van der Waals surface area contributed by atoms with Gasteiger partial charge in [-0.05, 0) is 80.4 Å². The predicted molar refractivity (Wildman–Crippen MR) is 108 cm³/mol. The van der Waals surface area contributed by atoms with Gasteiger partial charge in [-0.1, -0.05) is 35.3 Å². The first kappa shape index (κ1) is 18.1. The van der Waals surface area contributed by atoms with Gasteiger partial charge in [0, 0.05) is 18.0 Å². The van der Waals surface area contributed by atoms with Gasteiger partial charge in [0.25, 0.3) is 0 Å². The number of piperidine rings is 1. The Balaban J connectivity index is 1.49. The zero-order valence-corrected chi connectivity index (χ0v) is 16.4. The smallest absolute Gasteiger partial charge is 0.115 e. The molecule has 1 aliphatic carbocycles. The van der Waals surface area contributed by atoms with Crippen molar-refractivity contribution in [1.82, 2.24) is 10.2 Å². The van der Waals surface area contributed by atoms with Crippen molar-refractivity contribution in [3.63, 3.8) is 0 Å². The maximum absolute atomic E-state index is 9.94. The first-order valence-electron chi connectivity index (χ1n) is 9.22. The molecule has 2 aromatic rings. The van der Waals surface area contributed by atoms with Gasteiger partial charge in [0.05, 0.1) is 10.0 Å². The van der Waals surface area contributed by atoms with Gasteiger partial charge in [0.1, 0.15) is 5.75 Å². The third-order valence-electron chi connectivity index (χ3n) is 5.94. The maximum atomic E-state index is 9.94. The lowest BCUT2D eigenvalue weighted by Crippen LogP contribution is -2.59. The van der Waals surface area contributed by atoms with E-state index in [2.05, 4.69) is 23.3 Å². The van der Waals surface area contributed by atoms with Crippen LogP contribution in [0, 0.1) is 0 Å². The second-order valence-corrected chi connectivity index (χ2v) is 8.32. The quantitative estimate of drug-likeness (QED) is 0.818. The van der Waals surface area contributed by atoms with Crippen molar-refractivity contribution in [3.05, 3.63) is 63.1 Å². The number of phenols is 1. The summed E-state index contributed by atoms with van der Waals surface area (Å²) in [5.74, 6) is 0.830. The molecule has 3 nitrogen and oxygen atoms in total. The van der Waals surface area contributed by atoms with Crippen LogP contribution in [0.1, 0.15) is 29.0 Å². The maximum Gasteiger partial charge on any atom is 0.115 e. The zero-order chi connectivity index (χ0) is 18.3. The van der Waals surface area contributed by atoms with E-state index >= 15 is 0 Å². The Morgan fingerprint density at radius 1 is 1.15 bits per heavy atom. The molecule has 26 heavy (non-hydrogen) atoms. The molecule has 2 N–H and O–H groups in total. The number of nitrogens with one attached hydrogen (secondary N) is 1. The van der Waals surface area contributed by atoms with Crippen LogP contribution in [-0.2, 0) is 12.8 Å². The SMILES string of the molecule is CN1CCC2c3cc(O)ccc3CC1C2NCCc1ccc(Cl)c(Cl)c1. The highest BCUT2D eigenvalue weighted by atomic mass is 35.5. The van der Waals surface area contributed by atoms with Gasteiger partial charge in [0.2, 0.25) is 0 Å². The third-order valence-corrected chi connectivity index (χ3v) is 6.68. The van der Waals surface area contributed by atoms with Gasteiger partial charge in [0.15, 0.2) is 0 Å². The van der Waals surface area contributed by atoms with Crippen molar-refractivity contribution in [1.29, 1.82) is 0 Å². The van der Waals surface area contributed by atoms with Crippen LogP contribution in [0.5, 0.6) is 5.75 Å². The van der Waals surface area contributed by atoms with Crippen LogP contribution in [0.2, 0.25) is 10.0 Å². The number of benzene rings is 2. The van der Waals surface area contributed by atoms with Crippen molar-refractivity contribution in [3.8, 4) is 5.75 Å². The predicted octanol–water partition coefficient (Wildman–Crippen LogP) is 4.24. The number of likely N-dealkylation sites (tertiary alicyclic amines) is 1. The summed E-state index contributed by atoms with van der Waals surface area (Å²) in [5, 5.41) is 15.0. The molecule has 3 unspecified atom stereocenters. The third kappa shape index (κ3) is 3.46. The molecule has 1 aliphatic heterocycles. The van der Waals surface area contributed by atoms with Crippen LogP contribution in [0.15, 0.2) is 36.4 Å². The van der Waals surface area contributed by atoms with Crippen molar-refractivity contribution in [2.75, 3.05) is 20.1 Å². The van der Waals surface area contributed by atoms with Crippen molar-refractivity contribution in [2.45, 2.75) is 37.3 Å². The molecule has 0 radical (unpaired) electrons. The summed E-state index contributed by atoms with van der Waals surface area (Å²) in [5.41, 5.74) is 3.90. The molecular formula is C21H24Cl2N2O. The van der Waals surface area contributed by atoms with E-state index in [0.29, 0.717) is 33.8 Å². The molecule has 138 valence electrons. The first-order chi connectivity index (χ1) is 12.5. The average molecular weight is 391 g/mol. The molecule has 2 aromatic carbocycles. The second-order valence-electron chi connectivity index (χ2n) is 7.51. The highest BCUT2D eigenvalue weighted by Crippen LogP contribution is 2.40. The number of nitrogens with zero attached hydrogens (tertiary/aromatic N) is 1. The molecular weight excluding hydrogens is 367 g/mol. The minimum Gasteiger partial charge on any atom is -0.508 e. The lowest BCUT2D eigenvalue weighted by Gasteiger charge is -2.49. The number of likely N-dealkylation sites (N-methyl/N-ethyl adjacent to an activating group) is 1. The van der Waals surface area contributed by atoms with E-state index in [0.717, 1.165) is 32.4 Å². The Bertz CT molecular complexity index is 811. The van der Waals surface area contributed by atoms with E-state index < -0.39 is 0 Å². The molecule has 1 fully saturated rings. The van der Waals surface area contributed by atoms with Crippen LogP contribution in [-0.4, -0.2) is 42.2 Å². The average Bonchev–Trinajstić information content (AvgIpc) is 2.62. The molecule has 1 heterocycles. The van der Waals surface area contributed by atoms with E-state index in [9.17, 15) is 5.11 Å². The Hall–Kier alpha value is -1.26. The Labute approximate surface area is 164 Å². The lowest BCUT2D eigenvalue weighted by molar-refractivity contribution is 0.112. The van der Waals surface area contributed by atoms with Crippen molar-refractivity contribution in [2.24, 2.45) is 0 Å². The minimum absolute atomic E-state index is 0.371. The number of halogens is 2. The van der Waals surface area contributed by atoms with Crippen LogP contribution < -0.4 is 5.32 Å². The fourth-order valence-electron chi connectivity index (χ4n) is 4.56. The van der Waals surface area contributed by atoms with Crippen LogP contribution in [0.3, 0.4) is 0 Å². The summed E-state index contributed by atoms with van der Waals surface area (Å²) >= 11 is 12.1. The van der Waals surface area contributed by atoms with E-state index in [1.54, 1.807) is 0 Å². The Kier molecular flexibility index (Phi) is 5.15. The van der Waals surface area contributed by atoms with Gasteiger partial charge in [-0.15, -0.1) is 0 Å².